The van der Waals surface area contributed by atoms with Crippen molar-refractivity contribution in [2.45, 2.75) is 91.1 Å². The van der Waals surface area contributed by atoms with E-state index in [0.29, 0.717) is 6.42 Å². The molecule has 0 amide bonds. The van der Waals surface area contributed by atoms with Gasteiger partial charge in [-0.15, -0.1) is 0 Å². The lowest BCUT2D eigenvalue weighted by atomic mass is 10.1. The third kappa shape index (κ3) is 15.2. The highest BCUT2D eigenvalue weighted by atomic mass is 16.5. The molecule has 0 aliphatic heterocycles. The minimum Gasteiger partial charge on any atom is -0.463 e. The summed E-state index contributed by atoms with van der Waals surface area (Å²) in [6.07, 6.45) is 16.2. The number of rotatable bonds is 12. The lowest BCUT2D eigenvalue weighted by Gasteiger charge is -2.06. The fourth-order valence-electron chi connectivity index (χ4n) is 1.96. The Hall–Kier alpha value is -0.790. The Bertz CT molecular complexity index is 231. The fourth-order valence-corrected chi connectivity index (χ4v) is 1.96. The first kappa shape index (κ1) is 18.2. The summed E-state index contributed by atoms with van der Waals surface area (Å²) in [5, 5.41) is 0. The van der Waals surface area contributed by atoms with Crippen LogP contribution in [-0.4, -0.2) is 12.1 Å². The van der Waals surface area contributed by atoms with Gasteiger partial charge in [-0.1, -0.05) is 51.2 Å². The van der Waals surface area contributed by atoms with Crippen LogP contribution >= 0.6 is 0 Å². The van der Waals surface area contributed by atoms with E-state index in [1.807, 2.05) is 13.8 Å². The second-order valence-corrected chi connectivity index (χ2v) is 5.46. The van der Waals surface area contributed by atoms with Gasteiger partial charge in [-0.25, -0.2) is 0 Å². The monoisotopic (exact) mass is 268 g/mol. The summed E-state index contributed by atoms with van der Waals surface area (Å²) in [7, 11) is 0. The third-order valence-corrected chi connectivity index (χ3v) is 3.01. The molecule has 0 aliphatic carbocycles. The molecule has 0 spiro atoms. The zero-order valence-corrected chi connectivity index (χ0v) is 13.1. The molecule has 0 bridgehead atoms. The summed E-state index contributed by atoms with van der Waals surface area (Å²) >= 11 is 0. The van der Waals surface area contributed by atoms with Gasteiger partial charge >= 0.3 is 5.97 Å². The van der Waals surface area contributed by atoms with Crippen molar-refractivity contribution >= 4 is 5.97 Å². The first-order valence-electron chi connectivity index (χ1n) is 8.01. The van der Waals surface area contributed by atoms with Crippen molar-refractivity contribution in [1.82, 2.24) is 0 Å². The zero-order valence-electron chi connectivity index (χ0n) is 13.1. The van der Waals surface area contributed by atoms with E-state index in [1.165, 1.54) is 44.9 Å². The summed E-state index contributed by atoms with van der Waals surface area (Å²) < 4.78 is 5.08. The van der Waals surface area contributed by atoms with Crippen LogP contribution in [0, 0.1) is 0 Å². The number of hydrogen-bond acceptors (Lipinski definition) is 2. The molecule has 0 unspecified atom stereocenters. The molecule has 2 nitrogen and oxygen atoms in total. The van der Waals surface area contributed by atoms with Gasteiger partial charge in [0.15, 0.2) is 0 Å². The second-order valence-electron chi connectivity index (χ2n) is 5.46. The smallest absolute Gasteiger partial charge is 0.306 e. The van der Waals surface area contributed by atoms with Gasteiger partial charge in [0, 0.05) is 6.42 Å². The van der Waals surface area contributed by atoms with E-state index in [1.54, 1.807) is 0 Å². The Labute approximate surface area is 119 Å². The van der Waals surface area contributed by atoms with Crippen LogP contribution in [0.25, 0.3) is 0 Å². The Balaban J connectivity index is 3.23. The second kappa shape index (κ2) is 13.6. The van der Waals surface area contributed by atoms with Gasteiger partial charge < -0.3 is 4.74 Å². The van der Waals surface area contributed by atoms with Crippen molar-refractivity contribution in [2.75, 3.05) is 0 Å². The Morgan fingerprint density at radius 2 is 1.53 bits per heavy atom. The Kier molecular flexibility index (Phi) is 13.1. The molecule has 0 atom stereocenters. The van der Waals surface area contributed by atoms with E-state index in [0.717, 1.165) is 12.8 Å². The number of ether oxygens (including phenoxy) is 1. The van der Waals surface area contributed by atoms with E-state index in [4.69, 9.17) is 4.74 Å². The van der Waals surface area contributed by atoms with Gasteiger partial charge in [-0.3, -0.25) is 4.79 Å². The lowest BCUT2D eigenvalue weighted by Crippen LogP contribution is -2.10. The van der Waals surface area contributed by atoms with Gasteiger partial charge in [0.2, 0.25) is 0 Å². The molecular formula is C17H32O2. The van der Waals surface area contributed by atoms with Crippen molar-refractivity contribution in [2.24, 2.45) is 0 Å². The van der Waals surface area contributed by atoms with Gasteiger partial charge in [0.05, 0.1) is 6.10 Å². The van der Waals surface area contributed by atoms with Crippen molar-refractivity contribution < 1.29 is 9.53 Å². The molecule has 0 rings (SSSR count). The normalized spacial score (nSPS) is 11.4. The highest BCUT2D eigenvalue weighted by Crippen LogP contribution is 2.08. The van der Waals surface area contributed by atoms with Crippen molar-refractivity contribution in [3.8, 4) is 0 Å². The topological polar surface area (TPSA) is 26.3 Å². The van der Waals surface area contributed by atoms with Crippen LogP contribution in [-0.2, 0) is 9.53 Å². The average Bonchev–Trinajstić information content (AvgIpc) is 2.35. The maximum absolute atomic E-state index is 11.3. The highest BCUT2D eigenvalue weighted by molar-refractivity contribution is 5.69. The summed E-state index contributed by atoms with van der Waals surface area (Å²) in [5.74, 6) is -0.0701. The van der Waals surface area contributed by atoms with E-state index >= 15 is 0 Å². The molecule has 0 radical (unpaired) electrons. The molecule has 0 aromatic rings. The largest absolute Gasteiger partial charge is 0.463 e. The van der Waals surface area contributed by atoms with Gasteiger partial charge in [-0.2, -0.15) is 0 Å². The van der Waals surface area contributed by atoms with Crippen LogP contribution in [0.4, 0.5) is 0 Å². The minimum atomic E-state index is -0.0701. The van der Waals surface area contributed by atoms with Crippen molar-refractivity contribution in [3.05, 3.63) is 12.2 Å². The molecule has 2 heteroatoms. The maximum atomic E-state index is 11.3. The predicted molar refractivity (Wildman–Crippen MR) is 82.2 cm³/mol. The highest BCUT2D eigenvalue weighted by Gasteiger charge is 2.03. The maximum Gasteiger partial charge on any atom is 0.306 e. The molecule has 0 heterocycles. The quantitative estimate of drug-likeness (QED) is 0.268. The van der Waals surface area contributed by atoms with Gasteiger partial charge in [0.1, 0.15) is 0 Å². The number of esters is 1. The van der Waals surface area contributed by atoms with E-state index in [2.05, 4.69) is 19.1 Å². The van der Waals surface area contributed by atoms with Crippen LogP contribution in [0.15, 0.2) is 12.2 Å². The summed E-state index contributed by atoms with van der Waals surface area (Å²) in [6.45, 7) is 6.02. The summed E-state index contributed by atoms with van der Waals surface area (Å²) in [6, 6.07) is 0. The number of carbonyl (C=O) groups is 1. The summed E-state index contributed by atoms with van der Waals surface area (Å²) in [4.78, 5) is 11.3. The van der Waals surface area contributed by atoms with Crippen LogP contribution in [0.3, 0.4) is 0 Å². The van der Waals surface area contributed by atoms with E-state index in [-0.39, 0.29) is 12.1 Å². The third-order valence-electron chi connectivity index (χ3n) is 3.01. The molecule has 19 heavy (non-hydrogen) atoms. The number of carbonyl (C=O) groups excluding carboxylic acids is 1. The first-order chi connectivity index (χ1) is 9.16. The molecule has 0 aliphatic rings. The predicted octanol–water partition coefficient (Wildman–Crippen LogP) is 5.42. The molecular weight excluding hydrogens is 236 g/mol. The SMILES string of the molecule is CCCCCCCC/C=C\CCCC(=O)OC(C)C. The molecule has 0 saturated carbocycles. The van der Waals surface area contributed by atoms with Crippen molar-refractivity contribution in [1.29, 1.82) is 0 Å². The van der Waals surface area contributed by atoms with Gasteiger partial charge in [0.25, 0.3) is 0 Å². The van der Waals surface area contributed by atoms with Crippen LogP contribution in [0.1, 0.15) is 85.0 Å². The van der Waals surface area contributed by atoms with Crippen LogP contribution < -0.4 is 0 Å². The fraction of sp³-hybridized carbons (Fsp3) is 0.824. The first-order valence-corrected chi connectivity index (χ1v) is 8.01. The molecule has 112 valence electrons. The number of hydrogen-bond donors (Lipinski definition) is 0. The molecule has 0 saturated heterocycles. The van der Waals surface area contributed by atoms with E-state index in [9.17, 15) is 4.79 Å². The van der Waals surface area contributed by atoms with Crippen LogP contribution in [0.2, 0.25) is 0 Å². The molecule has 0 fully saturated rings. The number of unbranched alkanes of at least 4 members (excludes halogenated alkanes) is 7. The zero-order chi connectivity index (χ0) is 14.3. The Morgan fingerprint density at radius 1 is 0.947 bits per heavy atom. The van der Waals surface area contributed by atoms with Crippen LogP contribution in [0.5, 0.6) is 0 Å². The van der Waals surface area contributed by atoms with Crippen molar-refractivity contribution in [3.63, 3.8) is 0 Å². The van der Waals surface area contributed by atoms with Gasteiger partial charge in [-0.05, 0) is 39.5 Å². The minimum absolute atomic E-state index is 0.00995. The average molecular weight is 268 g/mol. The molecule has 0 aromatic carbocycles. The summed E-state index contributed by atoms with van der Waals surface area (Å²) in [5.41, 5.74) is 0. The number of allylic oxidation sites excluding steroid dienone is 2. The lowest BCUT2D eigenvalue weighted by molar-refractivity contribution is -0.147. The molecule has 0 N–H and O–H groups in total. The molecule has 0 aromatic heterocycles. The Morgan fingerprint density at radius 3 is 2.16 bits per heavy atom. The standard InChI is InChI=1S/C17H32O2/c1-4-5-6-7-8-9-10-11-12-13-14-15-17(18)19-16(2)3/h11-12,16H,4-10,13-15H2,1-3H3/b12-11-. The van der Waals surface area contributed by atoms with E-state index < -0.39 is 0 Å².